The molecule has 0 aliphatic rings. The van der Waals surface area contributed by atoms with Crippen LogP contribution < -0.4 is 15.0 Å². The average Bonchev–Trinajstić information content (AvgIpc) is 2.63. The van der Waals surface area contributed by atoms with Gasteiger partial charge in [0.1, 0.15) is 17.3 Å². The van der Waals surface area contributed by atoms with E-state index in [9.17, 15) is 9.18 Å². The van der Waals surface area contributed by atoms with Crippen molar-refractivity contribution in [3.05, 3.63) is 69.9 Å². The zero-order chi connectivity index (χ0) is 18.8. The van der Waals surface area contributed by atoms with Crippen LogP contribution in [0, 0.1) is 5.82 Å². The molecule has 6 heteroatoms. The van der Waals surface area contributed by atoms with Gasteiger partial charge in [0.15, 0.2) is 0 Å². The Kier molecular flexibility index (Phi) is 5.00. The molecule has 0 saturated heterocycles. The van der Waals surface area contributed by atoms with E-state index in [0.29, 0.717) is 22.6 Å². The molecule has 0 aliphatic heterocycles. The number of benzene rings is 2. The second-order valence-electron chi connectivity index (χ2n) is 5.78. The topological polar surface area (TPSA) is 40.5 Å². The molecule has 0 N–H and O–H groups in total. The van der Waals surface area contributed by atoms with E-state index >= 15 is 0 Å². The van der Waals surface area contributed by atoms with Gasteiger partial charge in [-0.3, -0.25) is 4.79 Å². The van der Waals surface area contributed by atoms with Gasteiger partial charge >= 0.3 is 0 Å². The van der Waals surface area contributed by atoms with Crippen molar-refractivity contribution in [3.8, 4) is 33.8 Å². The molecule has 0 saturated carbocycles. The van der Waals surface area contributed by atoms with E-state index in [1.54, 1.807) is 39.6 Å². The highest BCUT2D eigenvalue weighted by Crippen LogP contribution is 2.38. The summed E-state index contributed by atoms with van der Waals surface area (Å²) in [5, 5.41) is 0.231. The van der Waals surface area contributed by atoms with Gasteiger partial charge in [-0.15, -0.1) is 0 Å². The zero-order valence-electron chi connectivity index (χ0n) is 14.5. The van der Waals surface area contributed by atoms with Gasteiger partial charge in [-0.25, -0.2) is 4.39 Å². The molecule has 0 bridgehead atoms. The lowest BCUT2D eigenvalue weighted by molar-refractivity contribution is 0.394. The first-order chi connectivity index (χ1) is 12.4. The normalized spacial score (nSPS) is 10.7. The van der Waals surface area contributed by atoms with Crippen molar-refractivity contribution >= 4 is 11.6 Å². The maximum absolute atomic E-state index is 13.4. The van der Waals surface area contributed by atoms with E-state index in [2.05, 4.69) is 0 Å². The Bertz CT molecular complexity index is 1010. The van der Waals surface area contributed by atoms with E-state index in [1.807, 2.05) is 12.1 Å². The van der Waals surface area contributed by atoms with Crippen LogP contribution in [0.5, 0.6) is 11.5 Å². The molecule has 134 valence electrons. The van der Waals surface area contributed by atoms with E-state index < -0.39 is 5.82 Å². The number of halogens is 2. The van der Waals surface area contributed by atoms with E-state index in [0.717, 1.165) is 11.1 Å². The van der Waals surface area contributed by atoms with Gasteiger partial charge < -0.3 is 14.0 Å². The minimum Gasteiger partial charge on any atom is -0.497 e. The number of ether oxygens (including phenoxy) is 2. The number of aromatic nitrogens is 1. The number of nitrogens with zero attached hydrogens (tertiary/aromatic N) is 1. The Balaban J connectivity index is 2.31. The molecule has 3 rings (SSSR count). The van der Waals surface area contributed by atoms with Gasteiger partial charge in [-0.2, -0.15) is 0 Å². The fourth-order valence-corrected chi connectivity index (χ4v) is 3.02. The fraction of sp³-hybridized carbons (Fsp3) is 0.150. The highest BCUT2D eigenvalue weighted by molar-refractivity contribution is 6.33. The summed E-state index contributed by atoms with van der Waals surface area (Å²) >= 11 is 6.23. The summed E-state index contributed by atoms with van der Waals surface area (Å²) in [6.45, 7) is 0. The van der Waals surface area contributed by atoms with Gasteiger partial charge in [0.2, 0.25) is 0 Å². The lowest BCUT2D eigenvalue weighted by Crippen LogP contribution is -2.15. The summed E-state index contributed by atoms with van der Waals surface area (Å²) in [6, 6.07) is 11.0. The Labute approximate surface area is 155 Å². The highest BCUT2D eigenvalue weighted by Gasteiger charge is 2.15. The molecule has 2 aromatic carbocycles. The van der Waals surface area contributed by atoms with Crippen molar-refractivity contribution in [1.82, 2.24) is 4.57 Å². The minimum atomic E-state index is -0.438. The second kappa shape index (κ2) is 7.22. The second-order valence-corrected chi connectivity index (χ2v) is 6.18. The van der Waals surface area contributed by atoms with Crippen molar-refractivity contribution in [2.75, 3.05) is 14.2 Å². The molecule has 0 atom stereocenters. The molecule has 26 heavy (non-hydrogen) atoms. The summed E-state index contributed by atoms with van der Waals surface area (Å²) in [4.78, 5) is 12.2. The first kappa shape index (κ1) is 18.0. The van der Waals surface area contributed by atoms with Crippen LogP contribution in [0.3, 0.4) is 0 Å². The smallest absolute Gasteiger partial charge is 0.250 e. The summed E-state index contributed by atoms with van der Waals surface area (Å²) in [5.41, 5.74) is 2.51. The number of pyridine rings is 1. The quantitative estimate of drug-likeness (QED) is 0.674. The van der Waals surface area contributed by atoms with Gasteiger partial charge in [0.25, 0.3) is 5.56 Å². The van der Waals surface area contributed by atoms with Crippen LogP contribution in [0.25, 0.3) is 22.3 Å². The maximum atomic E-state index is 13.4. The van der Waals surface area contributed by atoms with Gasteiger partial charge in [0, 0.05) is 36.5 Å². The first-order valence-electron chi connectivity index (χ1n) is 7.82. The van der Waals surface area contributed by atoms with Crippen molar-refractivity contribution in [2.24, 2.45) is 7.05 Å². The van der Waals surface area contributed by atoms with Crippen LogP contribution in [0.2, 0.25) is 5.02 Å². The zero-order valence-corrected chi connectivity index (χ0v) is 15.3. The van der Waals surface area contributed by atoms with E-state index in [1.165, 1.54) is 22.8 Å². The van der Waals surface area contributed by atoms with Crippen LogP contribution in [0.15, 0.2) is 53.5 Å². The van der Waals surface area contributed by atoms with Crippen LogP contribution >= 0.6 is 11.6 Å². The van der Waals surface area contributed by atoms with Crippen molar-refractivity contribution in [2.45, 2.75) is 0 Å². The third-order valence-corrected chi connectivity index (χ3v) is 4.42. The summed E-state index contributed by atoms with van der Waals surface area (Å²) < 4.78 is 25.6. The molecule has 0 aliphatic carbocycles. The van der Waals surface area contributed by atoms with Crippen LogP contribution in [0.1, 0.15) is 0 Å². The number of rotatable bonds is 4. The molecular formula is C20H17ClFNO3. The van der Waals surface area contributed by atoms with Gasteiger partial charge in [-0.05, 0) is 41.5 Å². The van der Waals surface area contributed by atoms with Crippen molar-refractivity contribution in [1.29, 1.82) is 0 Å². The molecule has 0 radical (unpaired) electrons. The predicted octanol–water partition coefficient (Wildman–Crippen LogP) is 4.53. The lowest BCUT2D eigenvalue weighted by atomic mass is 9.96. The van der Waals surface area contributed by atoms with Crippen LogP contribution in [-0.4, -0.2) is 18.8 Å². The Morgan fingerprint density at radius 1 is 0.923 bits per heavy atom. The Morgan fingerprint density at radius 3 is 2.15 bits per heavy atom. The SMILES string of the molecule is COc1cc(OC)cc(-c2cn(C)c(=O)cc2-c2ccc(F)cc2Cl)c1. The third kappa shape index (κ3) is 3.44. The molecule has 3 aromatic rings. The first-order valence-corrected chi connectivity index (χ1v) is 8.20. The number of methoxy groups -OCH3 is 2. The van der Waals surface area contributed by atoms with Gasteiger partial charge in [-0.1, -0.05) is 11.6 Å². The number of aryl methyl sites for hydroxylation is 1. The average molecular weight is 374 g/mol. The van der Waals surface area contributed by atoms with Crippen molar-refractivity contribution in [3.63, 3.8) is 0 Å². The van der Waals surface area contributed by atoms with Crippen LogP contribution in [-0.2, 0) is 7.05 Å². The molecule has 0 spiro atoms. The van der Waals surface area contributed by atoms with E-state index in [4.69, 9.17) is 21.1 Å². The molecule has 1 aromatic heterocycles. The molecule has 0 amide bonds. The summed E-state index contributed by atoms with van der Waals surface area (Å²) in [5.74, 6) is 0.792. The fourth-order valence-electron chi connectivity index (χ4n) is 2.75. The predicted molar refractivity (Wildman–Crippen MR) is 101 cm³/mol. The number of hydrogen-bond acceptors (Lipinski definition) is 3. The summed E-state index contributed by atoms with van der Waals surface area (Å²) in [7, 11) is 4.80. The van der Waals surface area contributed by atoms with Crippen molar-refractivity contribution < 1.29 is 13.9 Å². The molecule has 0 unspecified atom stereocenters. The minimum absolute atomic E-state index is 0.195. The molecule has 1 heterocycles. The van der Waals surface area contributed by atoms with Crippen LogP contribution in [0.4, 0.5) is 4.39 Å². The number of hydrogen-bond donors (Lipinski definition) is 0. The van der Waals surface area contributed by atoms with E-state index in [-0.39, 0.29) is 10.6 Å². The summed E-state index contributed by atoms with van der Waals surface area (Å²) in [6.07, 6.45) is 1.71. The molecule has 0 fully saturated rings. The standard InChI is InChI=1S/C20H17ClFNO3/c1-23-11-18(12-6-14(25-2)9-15(7-12)26-3)17(10-20(23)24)16-5-4-13(22)8-19(16)21/h4-11H,1-3H3. The largest absolute Gasteiger partial charge is 0.497 e. The molecule has 4 nitrogen and oxygen atoms in total. The maximum Gasteiger partial charge on any atom is 0.250 e. The third-order valence-electron chi connectivity index (χ3n) is 4.11. The van der Waals surface area contributed by atoms with Gasteiger partial charge in [0.05, 0.1) is 19.2 Å². The molecular weight excluding hydrogens is 357 g/mol. The lowest BCUT2D eigenvalue weighted by Gasteiger charge is -2.15. The Hall–Kier alpha value is -2.79. The Morgan fingerprint density at radius 2 is 1.58 bits per heavy atom. The highest BCUT2D eigenvalue weighted by atomic mass is 35.5. The monoisotopic (exact) mass is 373 g/mol.